The van der Waals surface area contributed by atoms with Crippen LogP contribution in [0.1, 0.15) is 26.3 Å². The van der Waals surface area contributed by atoms with Crippen molar-refractivity contribution in [2.45, 2.75) is 27.2 Å². The van der Waals surface area contributed by atoms with E-state index >= 15 is 0 Å². The zero-order valence-corrected chi connectivity index (χ0v) is 24.0. The maximum atomic E-state index is 6.41. The van der Waals surface area contributed by atoms with Crippen LogP contribution in [-0.2, 0) is 6.42 Å². The lowest BCUT2D eigenvalue weighted by atomic mass is 9.88. The first-order valence-corrected chi connectivity index (χ1v) is 14.2. The van der Waals surface area contributed by atoms with E-state index in [-0.39, 0.29) is 5.41 Å². The molecule has 4 aromatic carbocycles. The highest BCUT2D eigenvalue weighted by atomic mass is 16.5. The second-order valence-corrected chi connectivity index (χ2v) is 12.1. The lowest BCUT2D eigenvalue weighted by molar-refractivity contribution is 0.411. The van der Waals surface area contributed by atoms with Gasteiger partial charge in [0.1, 0.15) is 5.75 Å². The molecule has 41 heavy (non-hydrogen) atoms. The van der Waals surface area contributed by atoms with Gasteiger partial charge in [-0.05, 0) is 65.9 Å². The van der Waals surface area contributed by atoms with Crippen molar-refractivity contribution >= 4 is 38.9 Å². The molecule has 0 unspecified atom stereocenters. The number of hydrogen-bond donors (Lipinski definition) is 0. The van der Waals surface area contributed by atoms with E-state index in [0.717, 1.165) is 35.7 Å². The summed E-state index contributed by atoms with van der Waals surface area (Å²) in [6.45, 7) is 7.64. The molecular weight excluding hydrogens is 504 g/mol. The number of nitrogens with zero attached hydrogens (tertiary/aromatic N) is 4. The summed E-state index contributed by atoms with van der Waals surface area (Å²) in [4.78, 5) is 9.10. The Kier molecular flexibility index (Phi) is 5.97. The first kappa shape index (κ1) is 25.2. The third-order valence-corrected chi connectivity index (χ3v) is 7.74. The van der Waals surface area contributed by atoms with Crippen molar-refractivity contribution in [2.75, 3.05) is 23.5 Å². The second-order valence-electron chi connectivity index (χ2n) is 12.1. The Hall–Kier alpha value is -4.77. The fourth-order valence-electron chi connectivity index (χ4n) is 6.05. The SMILES string of the molecule is CN1CN(c2ccnc(Oc3ccc4c5ccccc5n(-c5cccc(CC(C)(C)C)c5)c4c3)c2)c2ccccc21. The number of pyridine rings is 1. The van der Waals surface area contributed by atoms with Gasteiger partial charge in [-0.1, -0.05) is 63.2 Å². The molecular formula is C36H34N4O. The fraction of sp³-hybridized carbons (Fsp3) is 0.194. The Morgan fingerprint density at radius 2 is 1.51 bits per heavy atom. The molecule has 204 valence electrons. The Morgan fingerprint density at radius 3 is 2.37 bits per heavy atom. The minimum absolute atomic E-state index is 0.217. The largest absolute Gasteiger partial charge is 0.439 e. The van der Waals surface area contributed by atoms with Gasteiger partial charge in [0.15, 0.2) is 0 Å². The zero-order valence-electron chi connectivity index (χ0n) is 24.0. The van der Waals surface area contributed by atoms with Gasteiger partial charge in [0, 0.05) is 47.5 Å². The Labute approximate surface area is 241 Å². The maximum absolute atomic E-state index is 6.41. The summed E-state index contributed by atoms with van der Waals surface area (Å²) >= 11 is 0. The van der Waals surface area contributed by atoms with E-state index in [1.54, 1.807) is 0 Å². The van der Waals surface area contributed by atoms with Gasteiger partial charge in [0.05, 0.1) is 29.1 Å². The van der Waals surface area contributed by atoms with Gasteiger partial charge in [-0.25, -0.2) is 4.98 Å². The minimum atomic E-state index is 0.217. The molecule has 0 saturated carbocycles. The number of aromatic nitrogens is 2. The van der Waals surface area contributed by atoms with Crippen molar-refractivity contribution < 1.29 is 4.74 Å². The molecule has 0 atom stereocenters. The number of ether oxygens (including phenoxy) is 1. The molecule has 0 amide bonds. The standard InChI is InChI=1S/C36H34N4O/c1-36(2,3)23-25-10-9-11-27(20-25)40-31-13-6-5-12-29(31)30-17-16-28(22-34(30)40)41-35-21-26(18-19-37-35)39-24-38(4)32-14-7-8-15-33(32)39/h5-22H,23-24H2,1-4H3. The van der Waals surface area contributed by atoms with Gasteiger partial charge >= 0.3 is 0 Å². The Bertz CT molecular complexity index is 1900. The van der Waals surface area contributed by atoms with Crippen LogP contribution in [0.2, 0.25) is 0 Å². The molecule has 0 fully saturated rings. The minimum Gasteiger partial charge on any atom is -0.439 e. The lowest BCUT2D eigenvalue weighted by Gasteiger charge is -2.20. The second kappa shape index (κ2) is 9.70. The van der Waals surface area contributed by atoms with E-state index in [9.17, 15) is 0 Å². The van der Waals surface area contributed by atoms with Crippen molar-refractivity contribution in [3.63, 3.8) is 0 Å². The summed E-state index contributed by atoms with van der Waals surface area (Å²) in [5, 5.41) is 2.43. The predicted molar refractivity (Wildman–Crippen MR) is 170 cm³/mol. The molecule has 0 saturated heterocycles. The zero-order chi connectivity index (χ0) is 28.1. The number of para-hydroxylation sites is 3. The quantitative estimate of drug-likeness (QED) is 0.219. The first-order valence-electron chi connectivity index (χ1n) is 14.2. The maximum Gasteiger partial charge on any atom is 0.221 e. The van der Waals surface area contributed by atoms with Gasteiger partial charge in [0.2, 0.25) is 5.88 Å². The molecule has 0 N–H and O–H groups in total. The Balaban J connectivity index is 1.28. The summed E-state index contributed by atoms with van der Waals surface area (Å²) < 4.78 is 8.76. The summed E-state index contributed by atoms with van der Waals surface area (Å²) in [7, 11) is 2.12. The van der Waals surface area contributed by atoms with E-state index in [4.69, 9.17) is 4.74 Å². The van der Waals surface area contributed by atoms with E-state index in [1.165, 1.54) is 33.2 Å². The molecule has 0 aliphatic carbocycles. The van der Waals surface area contributed by atoms with E-state index in [0.29, 0.717) is 5.88 Å². The van der Waals surface area contributed by atoms with Crippen molar-refractivity contribution in [1.29, 1.82) is 0 Å². The monoisotopic (exact) mass is 538 g/mol. The molecule has 7 rings (SSSR count). The van der Waals surface area contributed by atoms with Crippen LogP contribution in [0, 0.1) is 5.41 Å². The van der Waals surface area contributed by atoms with Crippen LogP contribution in [0.15, 0.2) is 109 Å². The third kappa shape index (κ3) is 4.67. The van der Waals surface area contributed by atoms with Gasteiger partial charge in [-0.3, -0.25) is 0 Å². The van der Waals surface area contributed by atoms with Crippen molar-refractivity contribution in [2.24, 2.45) is 5.41 Å². The third-order valence-electron chi connectivity index (χ3n) is 7.74. The highest BCUT2D eigenvalue weighted by molar-refractivity contribution is 6.09. The van der Waals surface area contributed by atoms with Crippen molar-refractivity contribution in [3.05, 3.63) is 115 Å². The Morgan fingerprint density at radius 1 is 0.732 bits per heavy atom. The van der Waals surface area contributed by atoms with Crippen molar-refractivity contribution in [1.82, 2.24) is 9.55 Å². The van der Waals surface area contributed by atoms with Crippen LogP contribution < -0.4 is 14.5 Å². The molecule has 1 aliphatic rings. The normalized spacial score (nSPS) is 13.3. The first-order chi connectivity index (χ1) is 19.8. The molecule has 5 nitrogen and oxygen atoms in total. The van der Waals surface area contributed by atoms with Crippen LogP contribution in [0.5, 0.6) is 11.6 Å². The van der Waals surface area contributed by atoms with E-state index in [1.807, 2.05) is 24.4 Å². The summed E-state index contributed by atoms with van der Waals surface area (Å²) in [5.41, 5.74) is 8.47. The average Bonchev–Trinajstić information content (AvgIpc) is 3.47. The molecule has 2 aromatic heterocycles. The molecule has 0 radical (unpaired) electrons. The van der Waals surface area contributed by atoms with Gasteiger partial charge in [0.25, 0.3) is 0 Å². The van der Waals surface area contributed by atoms with Crippen molar-refractivity contribution in [3.8, 4) is 17.3 Å². The lowest BCUT2D eigenvalue weighted by Crippen LogP contribution is -2.23. The summed E-state index contributed by atoms with van der Waals surface area (Å²) in [6.07, 6.45) is 2.84. The number of anilines is 3. The molecule has 3 heterocycles. The average molecular weight is 539 g/mol. The van der Waals surface area contributed by atoms with Gasteiger partial charge in [-0.15, -0.1) is 0 Å². The molecule has 1 aliphatic heterocycles. The summed E-state index contributed by atoms with van der Waals surface area (Å²) in [5.74, 6) is 1.33. The smallest absolute Gasteiger partial charge is 0.221 e. The fourth-order valence-corrected chi connectivity index (χ4v) is 6.05. The van der Waals surface area contributed by atoms with Crippen LogP contribution in [-0.4, -0.2) is 23.3 Å². The van der Waals surface area contributed by atoms with Crippen LogP contribution in [0.3, 0.4) is 0 Å². The number of hydrogen-bond acceptors (Lipinski definition) is 4. The van der Waals surface area contributed by atoms with Crippen LogP contribution in [0.4, 0.5) is 17.1 Å². The van der Waals surface area contributed by atoms with Gasteiger partial charge in [-0.2, -0.15) is 0 Å². The van der Waals surface area contributed by atoms with Gasteiger partial charge < -0.3 is 19.1 Å². The number of benzene rings is 4. The molecule has 5 heteroatoms. The molecule has 0 bridgehead atoms. The number of rotatable bonds is 5. The predicted octanol–water partition coefficient (Wildman–Crippen LogP) is 9.11. The van der Waals surface area contributed by atoms with Crippen LogP contribution >= 0.6 is 0 Å². The van der Waals surface area contributed by atoms with Crippen LogP contribution in [0.25, 0.3) is 27.5 Å². The summed E-state index contributed by atoms with van der Waals surface area (Å²) in [6, 6.07) is 36.4. The van der Waals surface area contributed by atoms with E-state index in [2.05, 4.69) is 132 Å². The topological polar surface area (TPSA) is 33.5 Å². The highest BCUT2D eigenvalue weighted by Gasteiger charge is 2.24. The highest BCUT2D eigenvalue weighted by Crippen LogP contribution is 2.41. The molecule has 0 spiro atoms. The molecule has 6 aromatic rings. The van der Waals surface area contributed by atoms with E-state index < -0.39 is 0 Å². The number of fused-ring (bicyclic) bond motifs is 4.